The quantitative estimate of drug-likeness (QED) is 0.677. The van der Waals surface area contributed by atoms with Crippen molar-refractivity contribution in [1.82, 2.24) is 0 Å². The van der Waals surface area contributed by atoms with Crippen LogP contribution in [0.15, 0.2) is 0 Å². The molecule has 0 aromatic carbocycles. The molecule has 0 spiro atoms. The van der Waals surface area contributed by atoms with Gasteiger partial charge in [-0.05, 0) is 37.5 Å². The fourth-order valence-corrected chi connectivity index (χ4v) is 1.82. The molecule has 0 radical (unpaired) electrons. The van der Waals surface area contributed by atoms with Gasteiger partial charge in [0.15, 0.2) is 0 Å². The van der Waals surface area contributed by atoms with Crippen LogP contribution in [-0.2, 0) is 9.53 Å². The van der Waals surface area contributed by atoms with Gasteiger partial charge < -0.3 is 9.84 Å². The Morgan fingerprint density at radius 3 is 2.31 bits per heavy atom. The van der Waals surface area contributed by atoms with Crippen molar-refractivity contribution in [3.05, 3.63) is 0 Å². The molecule has 1 aliphatic carbocycles. The summed E-state index contributed by atoms with van der Waals surface area (Å²) in [5.41, 5.74) is 0. The minimum absolute atomic E-state index is 0.190. The van der Waals surface area contributed by atoms with Gasteiger partial charge in [0.25, 0.3) is 0 Å². The van der Waals surface area contributed by atoms with E-state index in [0.717, 1.165) is 25.7 Å². The number of carbonyl (C=O) groups excluding carboxylic acids is 1. The highest BCUT2D eigenvalue weighted by atomic mass is 16.5. The molecule has 0 bridgehead atoms. The SMILES string of the molecule is CC(=O)OC[C@H]1CC[C@H](CO)CC1. The van der Waals surface area contributed by atoms with E-state index in [1.807, 2.05) is 0 Å². The van der Waals surface area contributed by atoms with Crippen molar-refractivity contribution in [2.24, 2.45) is 11.8 Å². The van der Waals surface area contributed by atoms with E-state index in [1.165, 1.54) is 6.92 Å². The van der Waals surface area contributed by atoms with Crippen LogP contribution >= 0.6 is 0 Å². The van der Waals surface area contributed by atoms with Gasteiger partial charge in [-0.3, -0.25) is 4.79 Å². The van der Waals surface area contributed by atoms with Gasteiger partial charge >= 0.3 is 5.97 Å². The first kappa shape index (κ1) is 10.5. The molecule has 1 fully saturated rings. The van der Waals surface area contributed by atoms with Crippen LogP contribution in [0.5, 0.6) is 0 Å². The standard InChI is InChI=1S/C10H18O3/c1-8(12)13-7-10-4-2-9(6-11)3-5-10/h9-11H,2-7H2,1H3/t9-,10-. The molecule has 0 atom stereocenters. The lowest BCUT2D eigenvalue weighted by Gasteiger charge is -2.26. The first-order chi connectivity index (χ1) is 6.22. The van der Waals surface area contributed by atoms with E-state index >= 15 is 0 Å². The largest absolute Gasteiger partial charge is 0.466 e. The van der Waals surface area contributed by atoms with Gasteiger partial charge in [-0.1, -0.05) is 0 Å². The zero-order valence-corrected chi connectivity index (χ0v) is 8.16. The van der Waals surface area contributed by atoms with Gasteiger partial charge in [-0.2, -0.15) is 0 Å². The summed E-state index contributed by atoms with van der Waals surface area (Å²) in [6.07, 6.45) is 4.31. The lowest BCUT2D eigenvalue weighted by Crippen LogP contribution is -2.21. The second-order valence-corrected chi connectivity index (χ2v) is 3.87. The summed E-state index contributed by atoms with van der Waals surface area (Å²) in [5, 5.41) is 8.91. The van der Waals surface area contributed by atoms with Gasteiger partial charge in [-0.15, -0.1) is 0 Å². The van der Waals surface area contributed by atoms with Crippen molar-refractivity contribution in [3.8, 4) is 0 Å². The maximum absolute atomic E-state index is 10.5. The van der Waals surface area contributed by atoms with Gasteiger partial charge in [0, 0.05) is 13.5 Å². The zero-order chi connectivity index (χ0) is 9.68. The minimum Gasteiger partial charge on any atom is -0.466 e. The molecular weight excluding hydrogens is 168 g/mol. The lowest BCUT2D eigenvalue weighted by molar-refractivity contribution is -0.142. The Morgan fingerprint density at radius 1 is 1.31 bits per heavy atom. The molecule has 0 amide bonds. The predicted molar refractivity (Wildman–Crippen MR) is 49.2 cm³/mol. The second kappa shape index (κ2) is 5.22. The Kier molecular flexibility index (Phi) is 4.22. The van der Waals surface area contributed by atoms with Crippen molar-refractivity contribution in [2.45, 2.75) is 32.6 Å². The van der Waals surface area contributed by atoms with Crippen LogP contribution in [0.25, 0.3) is 0 Å². The topological polar surface area (TPSA) is 46.5 Å². The smallest absolute Gasteiger partial charge is 0.302 e. The van der Waals surface area contributed by atoms with Crippen LogP contribution in [0, 0.1) is 11.8 Å². The molecule has 1 rings (SSSR count). The third-order valence-corrected chi connectivity index (χ3v) is 2.75. The molecule has 3 heteroatoms. The zero-order valence-electron chi connectivity index (χ0n) is 8.16. The molecular formula is C10H18O3. The number of aliphatic hydroxyl groups is 1. The van der Waals surface area contributed by atoms with Crippen molar-refractivity contribution in [3.63, 3.8) is 0 Å². The first-order valence-corrected chi connectivity index (χ1v) is 4.96. The van der Waals surface area contributed by atoms with Crippen LogP contribution < -0.4 is 0 Å². The Balaban J connectivity index is 2.14. The number of hydrogen-bond donors (Lipinski definition) is 1. The number of hydrogen-bond acceptors (Lipinski definition) is 3. The van der Waals surface area contributed by atoms with Crippen LogP contribution in [0.1, 0.15) is 32.6 Å². The third kappa shape index (κ3) is 3.77. The van der Waals surface area contributed by atoms with Crippen molar-refractivity contribution in [2.75, 3.05) is 13.2 Å². The molecule has 13 heavy (non-hydrogen) atoms. The van der Waals surface area contributed by atoms with E-state index in [4.69, 9.17) is 9.84 Å². The second-order valence-electron chi connectivity index (χ2n) is 3.87. The Hall–Kier alpha value is -0.570. The molecule has 1 N–H and O–H groups in total. The molecule has 3 nitrogen and oxygen atoms in total. The van der Waals surface area contributed by atoms with E-state index in [0.29, 0.717) is 25.0 Å². The van der Waals surface area contributed by atoms with Crippen molar-refractivity contribution < 1.29 is 14.6 Å². The van der Waals surface area contributed by atoms with Crippen LogP contribution in [0.2, 0.25) is 0 Å². The fourth-order valence-electron chi connectivity index (χ4n) is 1.82. The maximum atomic E-state index is 10.5. The molecule has 1 aliphatic rings. The van der Waals surface area contributed by atoms with E-state index in [-0.39, 0.29) is 5.97 Å². The summed E-state index contributed by atoms with van der Waals surface area (Å²) in [6, 6.07) is 0. The maximum Gasteiger partial charge on any atom is 0.302 e. The van der Waals surface area contributed by atoms with Crippen molar-refractivity contribution in [1.29, 1.82) is 0 Å². The third-order valence-electron chi connectivity index (χ3n) is 2.75. The average molecular weight is 186 g/mol. The number of esters is 1. The number of carbonyl (C=O) groups is 1. The molecule has 76 valence electrons. The fraction of sp³-hybridized carbons (Fsp3) is 0.900. The molecule has 0 saturated heterocycles. The van der Waals surface area contributed by atoms with Crippen LogP contribution in [0.3, 0.4) is 0 Å². The average Bonchev–Trinajstić information content (AvgIpc) is 2.15. The first-order valence-electron chi connectivity index (χ1n) is 4.96. The normalized spacial score (nSPS) is 28.5. The molecule has 0 aromatic heterocycles. The summed E-state index contributed by atoms with van der Waals surface area (Å²) in [4.78, 5) is 10.5. The lowest BCUT2D eigenvalue weighted by atomic mass is 9.83. The highest BCUT2D eigenvalue weighted by Crippen LogP contribution is 2.28. The summed E-state index contributed by atoms with van der Waals surface area (Å²) in [7, 11) is 0. The number of aliphatic hydroxyl groups excluding tert-OH is 1. The van der Waals surface area contributed by atoms with E-state index < -0.39 is 0 Å². The highest BCUT2D eigenvalue weighted by Gasteiger charge is 2.20. The Morgan fingerprint density at radius 2 is 1.85 bits per heavy atom. The predicted octanol–water partition coefficient (Wildman–Crippen LogP) is 1.35. The number of ether oxygens (including phenoxy) is 1. The Labute approximate surface area is 79.1 Å². The van der Waals surface area contributed by atoms with Gasteiger partial charge in [0.05, 0.1) is 6.61 Å². The minimum atomic E-state index is -0.190. The van der Waals surface area contributed by atoms with Crippen LogP contribution in [-0.4, -0.2) is 24.3 Å². The van der Waals surface area contributed by atoms with Gasteiger partial charge in [-0.25, -0.2) is 0 Å². The summed E-state index contributed by atoms with van der Waals surface area (Å²) in [6.45, 7) is 2.31. The van der Waals surface area contributed by atoms with Crippen molar-refractivity contribution >= 4 is 5.97 Å². The summed E-state index contributed by atoms with van der Waals surface area (Å²) in [5.74, 6) is 0.810. The van der Waals surface area contributed by atoms with E-state index in [9.17, 15) is 4.79 Å². The van der Waals surface area contributed by atoms with Crippen LogP contribution in [0.4, 0.5) is 0 Å². The van der Waals surface area contributed by atoms with E-state index in [2.05, 4.69) is 0 Å². The molecule has 0 unspecified atom stereocenters. The molecule has 0 heterocycles. The molecule has 1 saturated carbocycles. The Bertz CT molecular complexity index is 160. The summed E-state index contributed by atoms with van der Waals surface area (Å²) < 4.78 is 4.95. The van der Waals surface area contributed by atoms with E-state index in [1.54, 1.807) is 0 Å². The molecule has 0 aliphatic heterocycles. The number of rotatable bonds is 3. The summed E-state index contributed by atoms with van der Waals surface area (Å²) >= 11 is 0. The highest BCUT2D eigenvalue weighted by molar-refractivity contribution is 5.65. The van der Waals surface area contributed by atoms with Gasteiger partial charge in [0.2, 0.25) is 0 Å². The monoisotopic (exact) mass is 186 g/mol. The van der Waals surface area contributed by atoms with Gasteiger partial charge in [0.1, 0.15) is 0 Å². The molecule has 0 aromatic rings.